The maximum absolute atomic E-state index is 13.2. The Bertz CT molecular complexity index is 518. The molecule has 1 aromatic carbocycles. The highest BCUT2D eigenvalue weighted by Crippen LogP contribution is 2.16. The van der Waals surface area contributed by atoms with E-state index in [1.165, 1.54) is 6.07 Å². The van der Waals surface area contributed by atoms with Crippen molar-refractivity contribution < 1.29 is 13.9 Å². The normalized spacial score (nSPS) is 11.4. The number of carbonyl (C=O) groups is 1. The van der Waals surface area contributed by atoms with Gasteiger partial charge in [0, 0.05) is 26.2 Å². The van der Waals surface area contributed by atoms with Crippen molar-refractivity contribution in [2.75, 3.05) is 19.6 Å². The monoisotopic (exact) mass is 388 g/mol. The van der Waals surface area contributed by atoms with Crippen LogP contribution < -0.4 is 5.32 Å². The third-order valence-corrected chi connectivity index (χ3v) is 3.62. The van der Waals surface area contributed by atoms with Crippen LogP contribution in [0.15, 0.2) is 22.7 Å². The van der Waals surface area contributed by atoms with Gasteiger partial charge < -0.3 is 15.0 Å². The second-order valence-electron chi connectivity index (χ2n) is 6.39. The molecule has 0 spiro atoms. The molecule has 0 fully saturated rings. The molecule has 0 aromatic heterocycles. The molecule has 0 atom stereocenters. The summed E-state index contributed by atoms with van der Waals surface area (Å²) in [6.45, 7) is 10.1. The molecule has 23 heavy (non-hydrogen) atoms. The molecule has 0 aliphatic carbocycles. The van der Waals surface area contributed by atoms with Gasteiger partial charge in [0.2, 0.25) is 0 Å². The van der Waals surface area contributed by atoms with Gasteiger partial charge in [-0.25, -0.2) is 9.18 Å². The fourth-order valence-electron chi connectivity index (χ4n) is 1.99. The zero-order valence-corrected chi connectivity index (χ0v) is 15.9. The number of benzene rings is 1. The third-order valence-electron chi connectivity index (χ3n) is 3.02. The smallest absolute Gasteiger partial charge is 0.410 e. The lowest BCUT2D eigenvalue weighted by molar-refractivity contribution is 0.0252. The van der Waals surface area contributed by atoms with Crippen LogP contribution in [0, 0.1) is 5.82 Å². The molecule has 0 bridgehead atoms. The molecule has 0 saturated heterocycles. The lowest BCUT2D eigenvalue weighted by atomic mass is 10.2. The number of halogens is 2. The van der Waals surface area contributed by atoms with Gasteiger partial charge >= 0.3 is 6.09 Å². The van der Waals surface area contributed by atoms with Gasteiger partial charge in [-0.05, 0) is 60.8 Å². The van der Waals surface area contributed by atoms with Crippen LogP contribution in [-0.2, 0) is 11.3 Å². The van der Waals surface area contributed by atoms with E-state index in [2.05, 4.69) is 21.2 Å². The van der Waals surface area contributed by atoms with Gasteiger partial charge in [-0.2, -0.15) is 0 Å². The van der Waals surface area contributed by atoms with E-state index >= 15 is 0 Å². The van der Waals surface area contributed by atoms with E-state index in [-0.39, 0.29) is 11.9 Å². The third kappa shape index (κ3) is 7.79. The van der Waals surface area contributed by atoms with Crippen molar-refractivity contribution in [3.63, 3.8) is 0 Å². The Morgan fingerprint density at radius 3 is 2.61 bits per heavy atom. The van der Waals surface area contributed by atoms with Crippen LogP contribution in [0.5, 0.6) is 0 Å². The minimum Gasteiger partial charge on any atom is -0.444 e. The second kappa shape index (κ2) is 9.23. The molecule has 1 amide bonds. The Hall–Kier alpha value is -1.14. The number of nitrogens with one attached hydrogen (secondary N) is 1. The second-order valence-corrected chi connectivity index (χ2v) is 7.25. The van der Waals surface area contributed by atoms with E-state index in [4.69, 9.17) is 4.74 Å². The molecule has 1 rings (SSSR count). The van der Waals surface area contributed by atoms with E-state index in [0.717, 1.165) is 12.0 Å². The number of hydrogen-bond donors (Lipinski definition) is 1. The van der Waals surface area contributed by atoms with Crippen LogP contribution in [0.25, 0.3) is 0 Å². The average Bonchev–Trinajstić information content (AvgIpc) is 2.44. The molecule has 6 heteroatoms. The number of hydrogen-bond acceptors (Lipinski definition) is 3. The SMILES string of the molecule is CCCN(CCNCc1ccc(F)c(Br)c1)C(=O)OC(C)(C)C. The Labute approximate surface area is 146 Å². The average molecular weight is 389 g/mol. The summed E-state index contributed by atoms with van der Waals surface area (Å²) >= 11 is 3.17. The summed E-state index contributed by atoms with van der Waals surface area (Å²) in [5.74, 6) is -0.271. The Morgan fingerprint density at radius 1 is 1.35 bits per heavy atom. The number of carbonyl (C=O) groups excluding carboxylic acids is 1. The van der Waals surface area contributed by atoms with Gasteiger partial charge in [-0.3, -0.25) is 0 Å². The molecular formula is C17H26BrFN2O2. The first-order chi connectivity index (χ1) is 10.7. The van der Waals surface area contributed by atoms with Crippen molar-refractivity contribution in [3.05, 3.63) is 34.1 Å². The van der Waals surface area contributed by atoms with Crippen LogP contribution >= 0.6 is 15.9 Å². The van der Waals surface area contributed by atoms with E-state index in [1.54, 1.807) is 17.0 Å². The molecular weight excluding hydrogens is 363 g/mol. The maximum atomic E-state index is 13.2. The van der Waals surface area contributed by atoms with E-state index in [9.17, 15) is 9.18 Å². The molecule has 0 radical (unpaired) electrons. The largest absolute Gasteiger partial charge is 0.444 e. The molecule has 0 aliphatic rings. The molecule has 0 unspecified atom stereocenters. The van der Waals surface area contributed by atoms with Gasteiger partial charge in [-0.15, -0.1) is 0 Å². The Kier molecular flexibility index (Phi) is 7.99. The fraction of sp³-hybridized carbons (Fsp3) is 0.588. The zero-order valence-electron chi connectivity index (χ0n) is 14.3. The van der Waals surface area contributed by atoms with Crippen molar-refractivity contribution in [2.24, 2.45) is 0 Å². The van der Waals surface area contributed by atoms with Crippen molar-refractivity contribution in [1.29, 1.82) is 0 Å². The minimum atomic E-state index is -0.489. The van der Waals surface area contributed by atoms with Crippen molar-refractivity contribution in [3.8, 4) is 0 Å². The molecule has 4 nitrogen and oxygen atoms in total. The summed E-state index contributed by atoms with van der Waals surface area (Å²) in [5.41, 5.74) is 0.495. The first-order valence-electron chi connectivity index (χ1n) is 7.85. The highest BCUT2D eigenvalue weighted by Gasteiger charge is 2.21. The lowest BCUT2D eigenvalue weighted by Gasteiger charge is -2.27. The lowest BCUT2D eigenvalue weighted by Crippen LogP contribution is -2.40. The summed E-state index contributed by atoms with van der Waals surface area (Å²) in [6.07, 6.45) is 0.593. The maximum Gasteiger partial charge on any atom is 0.410 e. The summed E-state index contributed by atoms with van der Waals surface area (Å²) in [5, 5.41) is 3.26. The van der Waals surface area contributed by atoms with Crippen molar-refractivity contribution in [1.82, 2.24) is 10.2 Å². The number of ether oxygens (including phenoxy) is 1. The standard InChI is InChI=1S/C17H26BrFN2O2/c1-5-9-21(16(22)23-17(2,3)4)10-8-20-12-13-6-7-15(19)14(18)11-13/h6-7,11,20H,5,8-10,12H2,1-4H3. The van der Waals surface area contributed by atoms with Gasteiger partial charge in [0.15, 0.2) is 0 Å². The zero-order chi connectivity index (χ0) is 17.5. The molecule has 0 heterocycles. The minimum absolute atomic E-state index is 0.271. The van der Waals surface area contributed by atoms with E-state index in [0.29, 0.717) is 30.7 Å². The van der Waals surface area contributed by atoms with Crippen LogP contribution in [0.3, 0.4) is 0 Å². The van der Waals surface area contributed by atoms with E-state index < -0.39 is 5.60 Å². The number of nitrogens with zero attached hydrogens (tertiary/aromatic N) is 1. The molecule has 1 N–H and O–H groups in total. The molecule has 0 aliphatic heterocycles. The highest BCUT2D eigenvalue weighted by atomic mass is 79.9. The highest BCUT2D eigenvalue weighted by molar-refractivity contribution is 9.10. The van der Waals surface area contributed by atoms with Crippen LogP contribution in [0.2, 0.25) is 0 Å². The Morgan fingerprint density at radius 2 is 2.04 bits per heavy atom. The quantitative estimate of drug-likeness (QED) is 0.706. The van der Waals surface area contributed by atoms with Crippen molar-refractivity contribution >= 4 is 22.0 Å². The first kappa shape index (κ1) is 19.9. The van der Waals surface area contributed by atoms with E-state index in [1.807, 2.05) is 27.7 Å². The van der Waals surface area contributed by atoms with Crippen molar-refractivity contribution in [2.45, 2.75) is 46.3 Å². The first-order valence-corrected chi connectivity index (χ1v) is 8.65. The van der Waals surface area contributed by atoms with Gasteiger partial charge in [0.1, 0.15) is 11.4 Å². The predicted octanol–water partition coefficient (Wildman–Crippen LogP) is 4.32. The number of amides is 1. The summed E-state index contributed by atoms with van der Waals surface area (Å²) in [6, 6.07) is 4.93. The van der Waals surface area contributed by atoms with Crippen LogP contribution in [0.4, 0.5) is 9.18 Å². The summed E-state index contributed by atoms with van der Waals surface area (Å²) in [4.78, 5) is 13.8. The number of rotatable bonds is 7. The van der Waals surface area contributed by atoms with Gasteiger partial charge in [0.05, 0.1) is 4.47 Å². The van der Waals surface area contributed by atoms with Crippen LogP contribution in [0.1, 0.15) is 39.7 Å². The topological polar surface area (TPSA) is 41.6 Å². The molecule has 1 aromatic rings. The fourth-order valence-corrected chi connectivity index (χ4v) is 2.41. The molecule has 130 valence electrons. The molecule has 0 saturated carbocycles. The summed E-state index contributed by atoms with van der Waals surface area (Å²) in [7, 11) is 0. The van der Waals surface area contributed by atoms with Crippen LogP contribution in [-0.4, -0.2) is 36.2 Å². The Balaban J connectivity index is 2.43. The summed E-state index contributed by atoms with van der Waals surface area (Å²) < 4.78 is 19.0. The van der Waals surface area contributed by atoms with Gasteiger partial charge in [-0.1, -0.05) is 13.0 Å². The van der Waals surface area contributed by atoms with Gasteiger partial charge in [0.25, 0.3) is 0 Å². The predicted molar refractivity (Wildman–Crippen MR) is 93.9 cm³/mol.